The van der Waals surface area contributed by atoms with Gasteiger partial charge in [0, 0.05) is 38.9 Å². The van der Waals surface area contributed by atoms with Crippen LogP contribution in [0.3, 0.4) is 0 Å². The van der Waals surface area contributed by atoms with Crippen LogP contribution in [-0.2, 0) is 24.1 Å². The number of aryl methyl sites for hydroxylation is 1. The first kappa shape index (κ1) is 18.9. The molecule has 0 fully saturated rings. The van der Waals surface area contributed by atoms with Gasteiger partial charge in [0.05, 0.1) is 18.6 Å². The number of hydrogen-bond donors (Lipinski definition) is 3. The lowest BCUT2D eigenvalue weighted by Gasteiger charge is -2.22. The van der Waals surface area contributed by atoms with E-state index in [2.05, 4.69) is 15.6 Å². The summed E-state index contributed by atoms with van der Waals surface area (Å²) in [5.41, 5.74) is 6.43. The minimum atomic E-state index is -0.0115. The molecule has 3 N–H and O–H groups in total. The third kappa shape index (κ3) is 3.61. The summed E-state index contributed by atoms with van der Waals surface area (Å²) in [7, 11) is 0. The zero-order chi connectivity index (χ0) is 20.5. The molecule has 0 bridgehead atoms. The van der Waals surface area contributed by atoms with Gasteiger partial charge in [-0.25, -0.2) is 0 Å². The van der Waals surface area contributed by atoms with Crippen molar-refractivity contribution < 1.29 is 4.79 Å². The van der Waals surface area contributed by atoms with Crippen molar-refractivity contribution in [2.75, 3.05) is 12.0 Å². The first-order valence-electron chi connectivity index (χ1n) is 10.4. The molecule has 2 heterocycles. The van der Waals surface area contributed by atoms with Gasteiger partial charge in [-0.15, -0.1) is 0 Å². The van der Waals surface area contributed by atoms with Crippen molar-refractivity contribution in [2.45, 2.75) is 32.1 Å². The number of aromatic nitrogens is 2. The molecule has 5 nitrogen and oxygen atoms in total. The second-order valence-electron chi connectivity index (χ2n) is 7.77. The normalized spacial score (nSPS) is 13.4. The molecule has 30 heavy (non-hydrogen) atoms. The van der Waals surface area contributed by atoms with Crippen LogP contribution >= 0.6 is 11.6 Å². The second-order valence-corrected chi connectivity index (χ2v) is 8.21. The van der Waals surface area contributed by atoms with Gasteiger partial charge in [-0.1, -0.05) is 29.8 Å². The van der Waals surface area contributed by atoms with Crippen LogP contribution in [0.1, 0.15) is 29.7 Å². The van der Waals surface area contributed by atoms with E-state index in [4.69, 9.17) is 16.6 Å². The number of para-hydroxylation sites is 1. The van der Waals surface area contributed by atoms with E-state index in [1.807, 2.05) is 48.7 Å². The molecule has 0 radical (unpaired) electrons. The summed E-state index contributed by atoms with van der Waals surface area (Å²) in [4.78, 5) is 20.6. The van der Waals surface area contributed by atoms with Gasteiger partial charge in [0.2, 0.25) is 5.91 Å². The van der Waals surface area contributed by atoms with Crippen molar-refractivity contribution in [1.82, 2.24) is 15.3 Å². The summed E-state index contributed by atoms with van der Waals surface area (Å²) in [5, 5.41) is 9.29. The summed E-state index contributed by atoms with van der Waals surface area (Å²) in [6, 6.07) is 13.8. The fraction of sp³-hybridized carbons (Fsp3) is 0.250. The maximum absolute atomic E-state index is 12.5. The lowest BCUT2D eigenvalue weighted by molar-refractivity contribution is -0.120. The molecule has 0 spiro atoms. The van der Waals surface area contributed by atoms with Crippen LogP contribution in [0.4, 0.5) is 5.69 Å². The fourth-order valence-electron chi connectivity index (χ4n) is 4.35. The van der Waals surface area contributed by atoms with Crippen molar-refractivity contribution >= 4 is 45.0 Å². The molecule has 0 atom stereocenters. The Morgan fingerprint density at radius 2 is 1.97 bits per heavy atom. The molecular weight excluding hydrogens is 396 g/mol. The highest BCUT2D eigenvalue weighted by molar-refractivity contribution is 6.31. The van der Waals surface area contributed by atoms with Crippen LogP contribution in [0.5, 0.6) is 0 Å². The Hall–Kier alpha value is -3.05. The Bertz CT molecular complexity index is 1250. The number of fused-ring (bicyclic) bond motifs is 3. The minimum Gasteiger partial charge on any atom is -0.367 e. The Morgan fingerprint density at radius 3 is 2.90 bits per heavy atom. The van der Waals surface area contributed by atoms with Gasteiger partial charge in [0.1, 0.15) is 0 Å². The summed E-state index contributed by atoms with van der Waals surface area (Å²) in [6.45, 7) is 0.370. The first-order valence-corrected chi connectivity index (χ1v) is 10.7. The molecule has 0 saturated heterocycles. The molecule has 0 aliphatic heterocycles. The SMILES string of the molecule is O=C(Cc1c[nH]c2ccccc12)NCNc1c2c(nc3cc(Cl)ccc13)CCCC2. The quantitative estimate of drug-likeness (QED) is 0.400. The number of hydrogen-bond acceptors (Lipinski definition) is 3. The van der Waals surface area contributed by atoms with E-state index in [0.717, 1.165) is 64.4 Å². The third-order valence-corrected chi connectivity index (χ3v) is 6.04. The predicted octanol–water partition coefficient (Wildman–Crippen LogP) is 4.98. The average Bonchev–Trinajstić information content (AvgIpc) is 3.16. The molecule has 1 aliphatic rings. The number of H-pyrrole nitrogens is 1. The topological polar surface area (TPSA) is 69.8 Å². The van der Waals surface area contributed by atoms with Gasteiger partial charge in [0.15, 0.2) is 0 Å². The van der Waals surface area contributed by atoms with Crippen LogP contribution in [0.25, 0.3) is 21.8 Å². The lowest BCUT2D eigenvalue weighted by atomic mass is 9.93. The Labute approximate surface area is 179 Å². The molecule has 1 amide bonds. The number of anilines is 1. The zero-order valence-electron chi connectivity index (χ0n) is 16.6. The van der Waals surface area contributed by atoms with E-state index >= 15 is 0 Å². The van der Waals surface area contributed by atoms with Gasteiger partial charge < -0.3 is 15.6 Å². The second kappa shape index (κ2) is 8.00. The highest BCUT2D eigenvalue weighted by Crippen LogP contribution is 2.34. The number of rotatable bonds is 5. The number of aromatic amines is 1. The molecule has 1 aliphatic carbocycles. The van der Waals surface area contributed by atoms with Crippen LogP contribution in [0, 0.1) is 0 Å². The van der Waals surface area contributed by atoms with Gasteiger partial charge in [-0.2, -0.15) is 0 Å². The molecule has 152 valence electrons. The summed E-state index contributed by atoms with van der Waals surface area (Å²) < 4.78 is 0. The summed E-state index contributed by atoms with van der Waals surface area (Å²) in [6.07, 6.45) is 6.57. The molecule has 6 heteroatoms. The smallest absolute Gasteiger partial charge is 0.225 e. The maximum atomic E-state index is 12.5. The number of carbonyl (C=O) groups is 1. The highest BCUT2D eigenvalue weighted by Gasteiger charge is 2.18. The van der Waals surface area contributed by atoms with E-state index in [0.29, 0.717) is 18.1 Å². The predicted molar refractivity (Wildman–Crippen MR) is 122 cm³/mol. The van der Waals surface area contributed by atoms with Crippen LogP contribution < -0.4 is 10.6 Å². The van der Waals surface area contributed by atoms with Crippen LogP contribution in [0.15, 0.2) is 48.7 Å². The Balaban J connectivity index is 1.33. The Kier molecular flexibility index (Phi) is 5.05. The third-order valence-electron chi connectivity index (χ3n) is 5.80. The summed E-state index contributed by atoms with van der Waals surface area (Å²) >= 11 is 6.19. The van der Waals surface area contributed by atoms with E-state index in [1.165, 1.54) is 5.56 Å². The molecule has 5 rings (SSSR count). The first-order chi connectivity index (χ1) is 14.7. The largest absolute Gasteiger partial charge is 0.367 e. The minimum absolute atomic E-state index is 0.0115. The zero-order valence-corrected chi connectivity index (χ0v) is 17.4. The maximum Gasteiger partial charge on any atom is 0.225 e. The number of nitrogens with zero attached hydrogens (tertiary/aromatic N) is 1. The number of halogens is 1. The van der Waals surface area contributed by atoms with Crippen molar-refractivity contribution in [2.24, 2.45) is 0 Å². The Morgan fingerprint density at radius 1 is 1.10 bits per heavy atom. The highest BCUT2D eigenvalue weighted by atomic mass is 35.5. The van der Waals surface area contributed by atoms with E-state index in [9.17, 15) is 4.79 Å². The van der Waals surface area contributed by atoms with Crippen LogP contribution in [0.2, 0.25) is 5.02 Å². The molecule has 0 saturated carbocycles. The summed E-state index contributed by atoms with van der Waals surface area (Å²) in [5.74, 6) is -0.0115. The van der Waals surface area contributed by atoms with E-state index < -0.39 is 0 Å². The molecule has 2 aromatic heterocycles. The van der Waals surface area contributed by atoms with Gasteiger partial charge in [-0.05, 0) is 61.1 Å². The molecule has 4 aromatic rings. The van der Waals surface area contributed by atoms with Gasteiger partial charge >= 0.3 is 0 Å². The molecule has 2 aromatic carbocycles. The average molecular weight is 419 g/mol. The number of benzene rings is 2. The van der Waals surface area contributed by atoms with Crippen molar-refractivity contribution in [1.29, 1.82) is 0 Å². The van der Waals surface area contributed by atoms with Crippen molar-refractivity contribution in [3.05, 3.63) is 70.5 Å². The monoisotopic (exact) mass is 418 g/mol. The fourth-order valence-corrected chi connectivity index (χ4v) is 4.51. The van der Waals surface area contributed by atoms with E-state index in [-0.39, 0.29) is 5.91 Å². The molecule has 0 unspecified atom stereocenters. The number of nitrogens with one attached hydrogen (secondary N) is 3. The molecular formula is C24H23ClN4O. The van der Waals surface area contributed by atoms with Gasteiger partial charge in [-0.3, -0.25) is 9.78 Å². The van der Waals surface area contributed by atoms with Gasteiger partial charge in [0.25, 0.3) is 0 Å². The standard InChI is InChI=1S/C24H23ClN4O/c25-16-9-10-19-22(12-16)29-21-8-4-2-6-18(21)24(19)28-14-27-23(30)11-15-13-26-20-7-3-1-5-17(15)20/h1,3,5,7,9-10,12-13,26H,2,4,6,8,11,14H2,(H,27,30)(H,28,29). The number of pyridine rings is 1. The van der Waals surface area contributed by atoms with Crippen LogP contribution in [-0.4, -0.2) is 22.5 Å². The van der Waals surface area contributed by atoms with E-state index in [1.54, 1.807) is 0 Å². The number of carbonyl (C=O) groups excluding carboxylic acids is 1. The van der Waals surface area contributed by atoms with Crippen molar-refractivity contribution in [3.63, 3.8) is 0 Å². The number of amides is 1. The van der Waals surface area contributed by atoms with Crippen molar-refractivity contribution in [3.8, 4) is 0 Å². The lowest BCUT2D eigenvalue weighted by Crippen LogP contribution is -2.30.